The highest BCUT2D eigenvalue weighted by atomic mass is 127. The molecule has 0 aromatic heterocycles. The second-order valence-corrected chi connectivity index (χ2v) is 8.98. The number of aliphatic imine (C=N–C) groups is 1. The molecule has 1 aliphatic carbocycles. The number of guanidine groups is 1. The summed E-state index contributed by atoms with van der Waals surface area (Å²) in [6.07, 6.45) is 5.35. The van der Waals surface area contributed by atoms with Crippen molar-refractivity contribution in [1.82, 2.24) is 10.6 Å². The van der Waals surface area contributed by atoms with Crippen LogP contribution in [0.3, 0.4) is 0 Å². The first-order valence-electron chi connectivity index (χ1n) is 9.44. The van der Waals surface area contributed by atoms with Crippen molar-refractivity contribution in [2.45, 2.75) is 64.2 Å². The van der Waals surface area contributed by atoms with Crippen LogP contribution in [0.15, 0.2) is 23.2 Å². The summed E-state index contributed by atoms with van der Waals surface area (Å²) < 4.78 is 12.1. The molecule has 3 unspecified atom stereocenters. The van der Waals surface area contributed by atoms with Crippen LogP contribution < -0.4 is 10.6 Å². The van der Waals surface area contributed by atoms with Gasteiger partial charge < -0.3 is 10.6 Å². The van der Waals surface area contributed by atoms with Crippen molar-refractivity contribution in [1.29, 1.82) is 0 Å². The number of nitrogens with zero attached hydrogens (tertiary/aromatic N) is 1. The third-order valence-electron chi connectivity index (χ3n) is 5.03. The molecule has 0 saturated heterocycles. The topological polar surface area (TPSA) is 53.5 Å². The molecule has 0 bridgehead atoms. The first-order chi connectivity index (χ1) is 12.0. The summed E-state index contributed by atoms with van der Waals surface area (Å²) in [5.74, 6) is 1.62. The molecule has 1 fully saturated rings. The van der Waals surface area contributed by atoms with Crippen LogP contribution in [-0.4, -0.2) is 40.8 Å². The third kappa shape index (κ3) is 7.18. The summed E-state index contributed by atoms with van der Waals surface area (Å²) in [5, 5.41) is 7.29. The minimum Gasteiger partial charge on any atom is -0.356 e. The molecule has 2 N–H and O–H groups in total. The van der Waals surface area contributed by atoms with Crippen molar-refractivity contribution < 1.29 is 4.21 Å². The maximum atomic E-state index is 12.1. The standard InChI is InChI=1S/C20H33N3OS.HI/c1-5-25(24)19-8-6-7-18(14-19)23-20(21-4)22-12-11-17-10-9-15(2)13-16(17)3;/h9-10,13,18-19H,5-8,11-12,14H2,1-4H3,(H2,21,22,23);1H. The van der Waals surface area contributed by atoms with Crippen molar-refractivity contribution in [2.24, 2.45) is 4.99 Å². The lowest BCUT2D eigenvalue weighted by atomic mass is 9.95. The van der Waals surface area contributed by atoms with E-state index in [9.17, 15) is 4.21 Å². The molecular weight excluding hydrogens is 457 g/mol. The van der Waals surface area contributed by atoms with Crippen LogP contribution in [0, 0.1) is 13.8 Å². The van der Waals surface area contributed by atoms with Crippen LogP contribution >= 0.6 is 24.0 Å². The zero-order valence-electron chi connectivity index (χ0n) is 16.5. The van der Waals surface area contributed by atoms with E-state index in [1.807, 2.05) is 14.0 Å². The molecule has 1 aromatic carbocycles. The Bertz CT molecular complexity index is 621. The van der Waals surface area contributed by atoms with Gasteiger partial charge in [0.05, 0.1) is 0 Å². The lowest BCUT2D eigenvalue weighted by Crippen LogP contribution is -2.47. The number of hydrogen-bond acceptors (Lipinski definition) is 2. The maximum absolute atomic E-state index is 12.1. The minimum absolute atomic E-state index is 0. The molecule has 0 radical (unpaired) electrons. The average Bonchev–Trinajstić information content (AvgIpc) is 2.62. The monoisotopic (exact) mass is 491 g/mol. The Morgan fingerprint density at radius 1 is 1.31 bits per heavy atom. The Morgan fingerprint density at radius 2 is 2.08 bits per heavy atom. The van der Waals surface area contributed by atoms with Gasteiger partial charge in [0.25, 0.3) is 0 Å². The Morgan fingerprint density at radius 3 is 2.73 bits per heavy atom. The SMILES string of the molecule is CCS(=O)C1CCCC(NC(=NC)NCCc2ccc(C)cc2C)C1.I. The Labute approximate surface area is 178 Å². The molecule has 3 atom stereocenters. The smallest absolute Gasteiger partial charge is 0.191 e. The number of halogens is 1. The molecule has 2 rings (SSSR count). The van der Waals surface area contributed by atoms with Gasteiger partial charge in [-0.15, -0.1) is 24.0 Å². The van der Waals surface area contributed by atoms with Gasteiger partial charge in [0, 0.05) is 41.4 Å². The molecule has 0 aliphatic heterocycles. The van der Waals surface area contributed by atoms with Gasteiger partial charge in [-0.05, 0) is 50.7 Å². The Kier molecular flexibility index (Phi) is 10.8. The maximum Gasteiger partial charge on any atom is 0.191 e. The predicted octanol–water partition coefficient (Wildman–Crippen LogP) is 3.71. The van der Waals surface area contributed by atoms with Gasteiger partial charge in [0.15, 0.2) is 5.96 Å². The molecule has 1 saturated carbocycles. The highest BCUT2D eigenvalue weighted by Crippen LogP contribution is 2.23. The van der Waals surface area contributed by atoms with Crippen LogP contribution in [0.5, 0.6) is 0 Å². The van der Waals surface area contributed by atoms with Gasteiger partial charge in [-0.25, -0.2) is 0 Å². The zero-order valence-corrected chi connectivity index (χ0v) is 19.7. The summed E-state index contributed by atoms with van der Waals surface area (Å²) in [7, 11) is 1.13. The lowest BCUT2D eigenvalue weighted by Gasteiger charge is -2.30. The molecule has 26 heavy (non-hydrogen) atoms. The largest absolute Gasteiger partial charge is 0.356 e. The summed E-state index contributed by atoms with van der Waals surface area (Å²) >= 11 is 0. The number of benzene rings is 1. The highest BCUT2D eigenvalue weighted by Gasteiger charge is 2.25. The second kappa shape index (κ2) is 12.0. The van der Waals surface area contributed by atoms with Gasteiger partial charge in [0.2, 0.25) is 0 Å². The fourth-order valence-electron chi connectivity index (χ4n) is 3.58. The van der Waals surface area contributed by atoms with Crippen molar-refractivity contribution in [3.63, 3.8) is 0 Å². The third-order valence-corrected chi connectivity index (χ3v) is 6.77. The fourth-order valence-corrected chi connectivity index (χ4v) is 4.93. The average molecular weight is 491 g/mol. The van der Waals surface area contributed by atoms with Gasteiger partial charge in [0.1, 0.15) is 0 Å². The van der Waals surface area contributed by atoms with Crippen LogP contribution in [0.1, 0.15) is 49.3 Å². The Hall–Kier alpha value is -0.630. The zero-order chi connectivity index (χ0) is 18.2. The summed E-state index contributed by atoms with van der Waals surface area (Å²) in [6.45, 7) is 7.18. The fraction of sp³-hybridized carbons (Fsp3) is 0.650. The first-order valence-corrected chi connectivity index (χ1v) is 10.8. The van der Waals surface area contributed by atoms with Crippen molar-refractivity contribution in [2.75, 3.05) is 19.3 Å². The lowest BCUT2D eigenvalue weighted by molar-refractivity contribution is 0.413. The molecule has 148 valence electrons. The van der Waals surface area contributed by atoms with Crippen LogP contribution in [0.4, 0.5) is 0 Å². The normalized spacial score (nSPS) is 21.6. The first kappa shape index (κ1) is 23.4. The van der Waals surface area contributed by atoms with Crippen molar-refractivity contribution in [3.05, 3.63) is 34.9 Å². The molecular formula is C20H34IN3OS. The van der Waals surface area contributed by atoms with E-state index in [4.69, 9.17) is 0 Å². The van der Waals surface area contributed by atoms with E-state index in [0.717, 1.165) is 50.4 Å². The summed E-state index contributed by atoms with van der Waals surface area (Å²) in [4.78, 5) is 4.36. The van der Waals surface area contributed by atoms with E-state index in [1.54, 1.807) is 0 Å². The van der Waals surface area contributed by atoms with E-state index < -0.39 is 10.8 Å². The molecule has 4 nitrogen and oxygen atoms in total. The van der Waals surface area contributed by atoms with E-state index in [1.165, 1.54) is 16.7 Å². The predicted molar refractivity (Wildman–Crippen MR) is 124 cm³/mol. The molecule has 0 amide bonds. The van der Waals surface area contributed by atoms with Crippen LogP contribution in [0.25, 0.3) is 0 Å². The van der Waals surface area contributed by atoms with Crippen molar-refractivity contribution >= 4 is 40.7 Å². The van der Waals surface area contributed by atoms with Crippen molar-refractivity contribution in [3.8, 4) is 0 Å². The molecule has 1 aliphatic rings. The van der Waals surface area contributed by atoms with Crippen LogP contribution in [0.2, 0.25) is 0 Å². The minimum atomic E-state index is -0.686. The number of nitrogens with one attached hydrogen (secondary N) is 2. The van der Waals surface area contributed by atoms with E-state index in [0.29, 0.717) is 11.3 Å². The second-order valence-electron chi connectivity index (χ2n) is 6.98. The van der Waals surface area contributed by atoms with Crippen LogP contribution in [-0.2, 0) is 17.2 Å². The molecule has 6 heteroatoms. The number of aryl methyl sites for hydroxylation is 2. The number of hydrogen-bond donors (Lipinski definition) is 2. The summed E-state index contributed by atoms with van der Waals surface area (Å²) in [5.41, 5.74) is 4.04. The van der Waals surface area contributed by atoms with Gasteiger partial charge in [-0.1, -0.05) is 37.1 Å². The Balaban J connectivity index is 0.00000338. The quantitative estimate of drug-likeness (QED) is 0.363. The van der Waals surface area contributed by atoms with E-state index in [-0.39, 0.29) is 24.0 Å². The van der Waals surface area contributed by atoms with Gasteiger partial charge in [-0.3, -0.25) is 9.20 Å². The molecule has 0 heterocycles. The van der Waals surface area contributed by atoms with E-state index >= 15 is 0 Å². The highest BCUT2D eigenvalue weighted by molar-refractivity contribution is 14.0. The molecule has 0 spiro atoms. The van der Waals surface area contributed by atoms with Gasteiger partial charge >= 0.3 is 0 Å². The number of rotatable bonds is 6. The molecule has 1 aromatic rings. The summed E-state index contributed by atoms with van der Waals surface area (Å²) in [6, 6.07) is 7.00. The van der Waals surface area contributed by atoms with E-state index in [2.05, 4.69) is 47.7 Å². The van der Waals surface area contributed by atoms with Gasteiger partial charge in [-0.2, -0.15) is 0 Å².